The molecule has 31 heavy (non-hydrogen) atoms. The molecule has 1 saturated heterocycles. The van der Waals surface area contributed by atoms with E-state index < -0.39 is 9.84 Å². The zero-order chi connectivity index (χ0) is 22.2. The molecule has 0 atom stereocenters. The number of aryl methyl sites for hydroxylation is 1. The summed E-state index contributed by atoms with van der Waals surface area (Å²) in [5.41, 5.74) is 1.95. The number of anilines is 1. The molecule has 0 saturated carbocycles. The molecule has 0 radical (unpaired) electrons. The van der Waals surface area contributed by atoms with Crippen LogP contribution >= 0.6 is 11.8 Å². The van der Waals surface area contributed by atoms with Gasteiger partial charge in [-0.05, 0) is 32.4 Å². The fourth-order valence-corrected chi connectivity index (χ4v) is 6.38. The molecule has 1 aliphatic rings. The summed E-state index contributed by atoms with van der Waals surface area (Å²) in [6.07, 6.45) is 2.26. The number of rotatable bonds is 6. The summed E-state index contributed by atoms with van der Waals surface area (Å²) in [4.78, 5) is 9.53. The highest BCUT2D eigenvalue weighted by atomic mass is 32.2. The highest BCUT2D eigenvalue weighted by molar-refractivity contribution is 7.99. The Morgan fingerprint density at radius 2 is 1.81 bits per heavy atom. The molecule has 1 aromatic carbocycles. The number of sulfone groups is 1. The van der Waals surface area contributed by atoms with E-state index in [0.29, 0.717) is 22.8 Å². The van der Waals surface area contributed by atoms with Crippen LogP contribution in [0.25, 0.3) is 5.65 Å². The topological polar surface area (TPSA) is 91.0 Å². The zero-order valence-electron chi connectivity index (χ0n) is 17.9. The van der Waals surface area contributed by atoms with E-state index >= 15 is 0 Å². The third-order valence-corrected chi connectivity index (χ3v) is 8.26. The van der Waals surface area contributed by atoms with Crippen LogP contribution in [0.5, 0.6) is 0 Å². The van der Waals surface area contributed by atoms with E-state index in [0.717, 1.165) is 37.6 Å². The van der Waals surface area contributed by atoms with Crippen LogP contribution in [0.4, 0.5) is 5.82 Å². The lowest BCUT2D eigenvalue weighted by molar-refractivity contribution is 0.297. The molecule has 0 aliphatic carbocycles. The van der Waals surface area contributed by atoms with Gasteiger partial charge in [0.1, 0.15) is 10.8 Å². The number of likely N-dealkylation sites (N-methyl/N-ethyl adjacent to an activating group) is 1. The minimum Gasteiger partial charge on any atom is -0.396 e. The van der Waals surface area contributed by atoms with Crippen LogP contribution in [0.15, 0.2) is 45.1 Å². The number of nitrogens with zero attached hydrogens (tertiary/aromatic N) is 5. The number of aliphatic hydroxyl groups is 1. The second kappa shape index (κ2) is 8.78. The van der Waals surface area contributed by atoms with Crippen molar-refractivity contribution in [1.29, 1.82) is 0 Å². The number of aliphatic hydroxyl groups excluding tert-OH is 1. The Kier molecular flexibility index (Phi) is 6.25. The fraction of sp³-hybridized carbons (Fsp3) is 0.429. The van der Waals surface area contributed by atoms with Crippen molar-refractivity contribution in [2.45, 2.75) is 28.2 Å². The van der Waals surface area contributed by atoms with Crippen LogP contribution in [0.2, 0.25) is 0 Å². The molecule has 4 rings (SSSR count). The largest absolute Gasteiger partial charge is 0.396 e. The van der Waals surface area contributed by atoms with E-state index in [1.54, 1.807) is 34.8 Å². The molecule has 10 heteroatoms. The molecule has 0 bridgehead atoms. The average Bonchev–Trinajstić information content (AvgIpc) is 3.14. The van der Waals surface area contributed by atoms with Crippen molar-refractivity contribution in [3.05, 3.63) is 41.6 Å². The minimum atomic E-state index is -3.81. The first-order valence-corrected chi connectivity index (χ1v) is 12.9. The number of hydrogen-bond acceptors (Lipinski definition) is 8. The van der Waals surface area contributed by atoms with Crippen LogP contribution in [0.1, 0.15) is 11.3 Å². The molecule has 0 spiro atoms. The van der Waals surface area contributed by atoms with Gasteiger partial charge in [0.2, 0.25) is 9.84 Å². The number of hydrogen-bond donors (Lipinski definition) is 1. The molecule has 2 aromatic heterocycles. The van der Waals surface area contributed by atoms with Gasteiger partial charge in [-0.25, -0.2) is 13.4 Å². The molecule has 1 aliphatic heterocycles. The normalized spacial score (nSPS) is 15.7. The Balaban J connectivity index is 2.00. The number of benzene rings is 1. The van der Waals surface area contributed by atoms with E-state index in [2.05, 4.69) is 21.8 Å². The molecule has 3 heterocycles. The molecular formula is C21H27N5O3S2. The Bertz CT molecular complexity index is 1190. The summed E-state index contributed by atoms with van der Waals surface area (Å²) < 4.78 is 28.8. The van der Waals surface area contributed by atoms with Gasteiger partial charge in [0, 0.05) is 50.5 Å². The van der Waals surface area contributed by atoms with Gasteiger partial charge in [0.25, 0.3) is 0 Å². The van der Waals surface area contributed by atoms with Crippen LogP contribution in [0.3, 0.4) is 0 Å². The first kappa shape index (κ1) is 22.1. The number of thioether (sulfide) groups is 1. The minimum absolute atomic E-state index is 0.0133. The number of fused-ring (bicyclic) bond motifs is 1. The van der Waals surface area contributed by atoms with Crippen molar-refractivity contribution >= 4 is 33.1 Å². The molecule has 0 unspecified atom stereocenters. The summed E-state index contributed by atoms with van der Waals surface area (Å²) in [7, 11) is -1.72. The van der Waals surface area contributed by atoms with E-state index in [-0.39, 0.29) is 16.4 Å². The monoisotopic (exact) mass is 461 g/mol. The standard InChI is InChI=1S/C21H27N5O3S2/c1-15-17(9-14-27)21(25-12-10-24(2)11-13-25)26-19(22-15)18(20(23-26)30-3)31(28,29)16-7-5-4-6-8-16/h4-8,27H,9-14H2,1-3H3. The van der Waals surface area contributed by atoms with E-state index in [4.69, 9.17) is 5.10 Å². The SMILES string of the molecule is CSc1nn2c(N3CCN(C)CC3)c(CCO)c(C)nc2c1S(=O)(=O)c1ccccc1. The summed E-state index contributed by atoms with van der Waals surface area (Å²) >= 11 is 1.30. The first-order chi connectivity index (χ1) is 14.9. The highest BCUT2D eigenvalue weighted by Crippen LogP contribution is 2.36. The van der Waals surface area contributed by atoms with Gasteiger partial charge in [-0.1, -0.05) is 18.2 Å². The Morgan fingerprint density at radius 3 is 2.42 bits per heavy atom. The lowest BCUT2D eigenvalue weighted by Gasteiger charge is -2.35. The summed E-state index contributed by atoms with van der Waals surface area (Å²) in [6.45, 7) is 5.24. The third kappa shape index (κ3) is 3.93. The van der Waals surface area contributed by atoms with Gasteiger partial charge < -0.3 is 14.9 Å². The fourth-order valence-electron chi connectivity index (χ4n) is 3.97. The van der Waals surface area contributed by atoms with Gasteiger partial charge in [0.05, 0.1) is 4.90 Å². The molecule has 0 amide bonds. The van der Waals surface area contributed by atoms with Crippen molar-refractivity contribution in [2.24, 2.45) is 0 Å². The molecule has 1 N–H and O–H groups in total. The zero-order valence-corrected chi connectivity index (χ0v) is 19.6. The van der Waals surface area contributed by atoms with E-state index in [9.17, 15) is 13.5 Å². The predicted octanol–water partition coefficient (Wildman–Crippen LogP) is 1.88. The molecule has 8 nitrogen and oxygen atoms in total. The van der Waals surface area contributed by atoms with Gasteiger partial charge >= 0.3 is 0 Å². The smallest absolute Gasteiger partial charge is 0.213 e. The maximum Gasteiger partial charge on any atom is 0.213 e. The van der Waals surface area contributed by atoms with Crippen LogP contribution < -0.4 is 4.90 Å². The second-order valence-electron chi connectivity index (χ2n) is 7.65. The highest BCUT2D eigenvalue weighted by Gasteiger charge is 2.32. The van der Waals surface area contributed by atoms with Gasteiger partial charge in [-0.2, -0.15) is 9.61 Å². The maximum absolute atomic E-state index is 13.6. The van der Waals surface area contributed by atoms with Crippen molar-refractivity contribution in [3.63, 3.8) is 0 Å². The van der Waals surface area contributed by atoms with Gasteiger partial charge in [-0.15, -0.1) is 11.8 Å². The molecule has 166 valence electrons. The number of aromatic nitrogens is 3. The Hall–Kier alpha value is -2.14. The Morgan fingerprint density at radius 1 is 1.13 bits per heavy atom. The summed E-state index contributed by atoms with van der Waals surface area (Å²) in [6, 6.07) is 8.41. The van der Waals surface area contributed by atoms with E-state index in [1.165, 1.54) is 11.8 Å². The molecular weight excluding hydrogens is 434 g/mol. The molecule has 1 fully saturated rings. The lowest BCUT2D eigenvalue weighted by atomic mass is 10.1. The Labute approximate surface area is 186 Å². The van der Waals surface area contributed by atoms with Gasteiger partial charge in [-0.3, -0.25) is 0 Å². The predicted molar refractivity (Wildman–Crippen MR) is 122 cm³/mol. The second-order valence-corrected chi connectivity index (χ2v) is 10.3. The van der Waals surface area contributed by atoms with E-state index in [1.807, 2.05) is 13.2 Å². The van der Waals surface area contributed by atoms with Crippen LogP contribution in [0, 0.1) is 6.92 Å². The van der Waals surface area contributed by atoms with Crippen molar-refractivity contribution < 1.29 is 13.5 Å². The summed E-state index contributed by atoms with van der Waals surface area (Å²) in [5, 5.41) is 14.8. The first-order valence-electron chi connectivity index (χ1n) is 10.2. The average molecular weight is 462 g/mol. The van der Waals surface area contributed by atoms with Crippen LogP contribution in [-0.4, -0.2) is 79.1 Å². The van der Waals surface area contributed by atoms with Gasteiger partial charge in [0.15, 0.2) is 10.5 Å². The van der Waals surface area contributed by atoms with Crippen molar-refractivity contribution in [1.82, 2.24) is 19.5 Å². The quantitative estimate of drug-likeness (QED) is 0.557. The molecule has 3 aromatic rings. The van der Waals surface area contributed by atoms with Crippen LogP contribution in [-0.2, 0) is 16.3 Å². The maximum atomic E-state index is 13.6. The van der Waals surface area contributed by atoms with Crippen molar-refractivity contribution in [2.75, 3.05) is 51.0 Å². The summed E-state index contributed by atoms with van der Waals surface area (Å²) in [5.74, 6) is 0.828. The number of piperazine rings is 1. The lowest BCUT2D eigenvalue weighted by Crippen LogP contribution is -2.45. The van der Waals surface area contributed by atoms with Crippen molar-refractivity contribution in [3.8, 4) is 0 Å². The third-order valence-electron chi connectivity index (χ3n) is 5.65.